The van der Waals surface area contributed by atoms with Crippen LogP contribution in [-0.2, 0) is 12.7 Å². The van der Waals surface area contributed by atoms with E-state index in [1.54, 1.807) is 23.2 Å². The Morgan fingerprint density at radius 2 is 1.59 bits per heavy atom. The summed E-state index contributed by atoms with van der Waals surface area (Å²) in [4.78, 5) is 4.07. The fourth-order valence-electron chi connectivity index (χ4n) is 2.41. The normalized spacial score (nSPS) is 11.6. The van der Waals surface area contributed by atoms with E-state index in [0.717, 1.165) is 17.3 Å². The zero-order valence-corrected chi connectivity index (χ0v) is 11.6. The Morgan fingerprint density at radius 1 is 0.909 bits per heavy atom. The van der Waals surface area contributed by atoms with Crippen molar-refractivity contribution in [2.75, 3.05) is 0 Å². The SMILES string of the molecule is FC(F)(F)c1ccccc1Cn1cncc1-c1ccccc1. The minimum absolute atomic E-state index is 0.125. The molecule has 0 bridgehead atoms. The van der Waals surface area contributed by atoms with Gasteiger partial charge in [0, 0.05) is 6.54 Å². The summed E-state index contributed by atoms with van der Waals surface area (Å²) >= 11 is 0. The van der Waals surface area contributed by atoms with Gasteiger partial charge in [-0.2, -0.15) is 13.2 Å². The second kappa shape index (κ2) is 5.67. The highest BCUT2D eigenvalue weighted by Crippen LogP contribution is 2.32. The standard InChI is InChI=1S/C17H13F3N2/c18-17(19,20)15-9-5-4-8-14(15)11-22-12-21-10-16(22)13-6-2-1-3-7-13/h1-10,12H,11H2. The summed E-state index contributed by atoms with van der Waals surface area (Å²) in [5.74, 6) is 0. The Morgan fingerprint density at radius 3 is 2.32 bits per heavy atom. The lowest BCUT2D eigenvalue weighted by molar-refractivity contribution is -0.138. The molecular formula is C17H13F3N2. The van der Waals surface area contributed by atoms with Crippen LogP contribution in [0.25, 0.3) is 11.3 Å². The van der Waals surface area contributed by atoms with Crippen LogP contribution < -0.4 is 0 Å². The number of imidazole rings is 1. The average Bonchev–Trinajstić information content (AvgIpc) is 2.96. The highest BCUT2D eigenvalue weighted by molar-refractivity contribution is 5.58. The first-order valence-electron chi connectivity index (χ1n) is 6.76. The molecule has 0 unspecified atom stereocenters. The van der Waals surface area contributed by atoms with Gasteiger partial charge in [0.05, 0.1) is 23.8 Å². The fourth-order valence-corrected chi connectivity index (χ4v) is 2.41. The van der Waals surface area contributed by atoms with Gasteiger partial charge in [-0.3, -0.25) is 0 Å². The summed E-state index contributed by atoms with van der Waals surface area (Å²) in [6.45, 7) is 0.125. The van der Waals surface area contributed by atoms with Crippen molar-refractivity contribution >= 4 is 0 Å². The van der Waals surface area contributed by atoms with Gasteiger partial charge in [0.25, 0.3) is 0 Å². The number of alkyl halides is 3. The third-order valence-electron chi connectivity index (χ3n) is 3.45. The van der Waals surface area contributed by atoms with E-state index < -0.39 is 11.7 Å². The third-order valence-corrected chi connectivity index (χ3v) is 3.45. The van der Waals surface area contributed by atoms with Gasteiger partial charge in [-0.25, -0.2) is 4.98 Å². The zero-order chi connectivity index (χ0) is 15.6. The van der Waals surface area contributed by atoms with Crippen LogP contribution in [0, 0.1) is 0 Å². The Balaban J connectivity index is 1.98. The largest absolute Gasteiger partial charge is 0.416 e. The number of halogens is 3. The van der Waals surface area contributed by atoms with Crippen LogP contribution in [0.4, 0.5) is 13.2 Å². The first-order chi connectivity index (χ1) is 10.6. The highest BCUT2D eigenvalue weighted by atomic mass is 19.4. The molecule has 112 valence electrons. The van der Waals surface area contributed by atoms with Crippen LogP contribution in [0.3, 0.4) is 0 Å². The molecule has 0 N–H and O–H groups in total. The summed E-state index contributed by atoms with van der Waals surface area (Å²) in [6, 6.07) is 15.1. The maximum Gasteiger partial charge on any atom is 0.416 e. The van der Waals surface area contributed by atoms with E-state index in [1.165, 1.54) is 12.1 Å². The summed E-state index contributed by atoms with van der Waals surface area (Å²) in [7, 11) is 0. The molecule has 0 radical (unpaired) electrons. The van der Waals surface area contributed by atoms with Gasteiger partial charge in [0.1, 0.15) is 0 Å². The lowest BCUT2D eigenvalue weighted by Crippen LogP contribution is -2.11. The molecule has 0 atom stereocenters. The molecule has 0 saturated heterocycles. The number of hydrogen-bond acceptors (Lipinski definition) is 1. The van der Waals surface area contributed by atoms with E-state index >= 15 is 0 Å². The highest BCUT2D eigenvalue weighted by Gasteiger charge is 2.32. The first kappa shape index (κ1) is 14.4. The van der Waals surface area contributed by atoms with Gasteiger partial charge in [-0.15, -0.1) is 0 Å². The minimum atomic E-state index is -4.36. The second-order valence-corrected chi connectivity index (χ2v) is 4.93. The van der Waals surface area contributed by atoms with E-state index in [1.807, 2.05) is 30.3 Å². The maximum absolute atomic E-state index is 13.1. The van der Waals surface area contributed by atoms with Gasteiger partial charge in [-0.05, 0) is 17.2 Å². The molecule has 1 heterocycles. The zero-order valence-electron chi connectivity index (χ0n) is 11.6. The van der Waals surface area contributed by atoms with Gasteiger partial charge in [-0.1, -0.05) is 48.5 Å². The monoisotopic (exact) mass is 302 g/mol. The Hall–Kier alpha value is -2.56. The first-order valence-corrected chi connectivity index (χ1v) is 6.76. The van der Waals surface area contributed by atoms with Crippen LogP contribution in [0.2, 0.25) is 0 Å². The molecule has 0 saturated carbocycles. The quantitative estimate of drug-likeness (QED) is 0.690. The summed E-state index contributed by atoms with van der Waals surface area (Å²) in [6.07, 6.45) is -1.15. The smallest absolute Gasteiger partial charge is 0.326 e. The van der Waals surface area contributed by atoms with Crippen molar-refractivity contribution in [1.29, 1.82) is 0 Å². The van der Waals surface area contributed by atoms with E-state index in [9.17, 15) is 13.2 Å². The lowest BCUT2D eigenvalue weighted by atomic mass is 10.1. The van der Waals surface area contributed by atoms with E-state index in [4.69, 9.17) is 0 Å². The van der Waals surface area contributed by atoms with Crippen molar-refractivity contribution < 1.29 is 13.2 Å². The fraction of sp³-hybridized carbons (Fsp3) is 0.118. The average molecular weight is 302 g/mol. The lowest BCUT2D eigenvalue weighted by Gasteiger charge is -2.14. The second-order valence-electron chi connectivity index (χ2n) is 4.93. The number of benzene rings is 2. The molecule has 3 rings (SSSR count). The number of nitrogens with zero attached hydrogens (tertiary/aromatic N) is 2. The third kappa shape index (κ3) is 2.88. The molecule has 2 nitrogen and oxygen atoms in total. The van der Waals surface area contributed by atoms with Crippen molar-refractivity contribution in [3.05, 3.63) is 78.2 Å². The van der Waals surface area contributed by atoms with Crippen molar-refractivity contribution in [2.45, 2.75) is 12.7 Å². The Bertz CT molecular complexity index is 761. The molecule has 0 fully saturated rings. The maximum atomic E-state index is 13.1. The molecule has 5 heteroatoms. The van der Waals surface area contributed by atoms with E-state index in [2.05, 4.69) is 4.98 Å². The summed E-state index contributed by atoms with van der Waals surface area (Å²) in [5, 5.41) is 0. The molecule has 2 aromatic carbocycles. The molecule has 22 heavy (non-hydrogen) atoms. The molecule has 0 aliphatic carbocycles. The molecule has 0 aliphatic rings. The van der Waals surface area contributed by atoms with Crippen LogP contribution >= 0.6 is 0 Å². The summed E-state index contributed by atoms with van der Waals surface area (Å²) in [5.41, 5.74) is 1.33. The van der Waals surface area contributed by atoms with Crippen LogP contribution in [0.15, 0.2) is 67.1 Å². The van der Waals surface area contributed by atoms with Crippen molar-refractivity contribution in [3.8, 4) is 11.3 Å². The van der Waals surface area contributed by atoms with Crippen LogP contribution in [-0.4, -0.2) is 9.55 Å². The topological polar surface area (TPSA) is 17.8 Å². The number of hydrogen-bond donors (Lipinski definition) is 0. The van der Waals surface area contributed by atoms with Gasteiger partial charge >= 0.3 is 6.18 Å². The van der Waals surface area contributed by atoms with Crippen LogP contribution in [0.1, 0.15) is 11.1 Å². The number of aromatic nitrogens is 2. The predicted molar refractivity (Wildman–Crippen MR) is 78.2 cm³/mol. The van der Waals surface area contributed by atoms with Crippen LogP contribution in [0.5, 0.6) is 0 Å². The molecule has 0 aliphatic heterocycles. The Kier molecular flexibility index (Phi) is 3.71. The molecule has 3 aromatic rings. The minimum Gasteiger partial charge on any atom is -0.326 e. The van der Waals surface area contributed by atoms with Crippen molar-refractivity contribution in [3.63, 3.8) is 0 Å². The van der Waals surface area contributed by atoms with Gasteiger partial charge in [0.15, 0.2) is 0 Å². The number of rotatable bonds is 3. The molecular weight excluding hydrogens is 289 g/mol. The van der Waals surface area contributed by atoms with Crippen molar-refractivity contribution in [1.82, 2.24) is 9.55 Å². The van der Waals surface area contributed by atoms with Gasteiger partial charge in [0.2, 0.25) is 0 Å². The summed E-state index contributed by atoms with van der Waals surface area (Å²) < 4.78 is 40.9. The Labute approximate surface area is 125 Å². The molecule has 0 spiro atoms. The molecule has 1 aromatic heterocycles. The van der Waals surface area contributed by atoms with Gasteiger partial charge < -0.3 is 4.57 Å². The molecule has 0 amide bonds. The van der Waals surface area contributed by atoms with E-state index in [0.29, 0.717) is 0 Å². The van der Waals surface area contributed by atoms with Crippen molar-refractivity contribution in [2.24, 2.45) is 0 Å². The predicted octanol–water partition coefficient (Wildman–Crippen LogP) is 4.62. The van der Waals surface area contributed by atoms with E-state index in [-0.39, 0.29) is 12.1 Å².